The predicted octanol–water partition coefficient (Wildman–Crippen LogP) is 4.77. The second kappa shape index (κ2) is 5.82. The number of hydrogen-bond donors (Lipinski definition) is 0. The Morgan fingerprint density at radius 3 is 2.62 bits per heavy atom. The van der Waals surface area contributed by atoms with Crippen LogP contribution >= 0.6 is 0 Å². The summed E-state index contributed by atoms with van der Waals surface area (Å²) in [7, 11) is 0. The number of allylic oxidation sites excluding steroid dienone is 1. The number of aromatic nitrogens is 1. The Morgan fingerprint density at radius 1 is 1.04 bits per heavy atom. The number of rotatable bonds is 2. The van der Waals surface area contributed by atoms with Crippen LogP contribution < -0.4 is 0 Å². The van der Waals surface area contributed by atoms with Crippen LogP contribution in [0.5, 0.6) is 0 Å². The van der Waals surface area contributed by atoms with Crippen LogP contribution in [0.4, 0.5) is 0 Å². The van der Waals surface area contributed by atoms with E-state index in [2.05, 4.69) is 49.2 Å². The molecular weight excluding hydrogens is 294 g/mol. The van der Waals surface area contributed by atoms with Gasteiger partial charge >= 0.3 is 0 Å². The van der Waals surface area contributed by atoms with Gasteiger partial charge in [-0.25, -0.2) is 4.99 Å². The summed E-state index contributed by atoms with van der Waals surface area (Å²) in [5.41, 5.74) is 4.90. The highest BCUT2D eigenvalue weighted by Gasteiger charge is 2.33. The quantitative estimate of drug-likeness (QED) is 0.786. The lowest BCUT2D eigenvalue weighted by atomic mass is 9.74. The largest absolute Gasteiger partial charge is 0.264 e. The first-order chi connectivity index (χ1) is 11.6. The molecule has 120 valence electrons. The molecule has 0 saturated carbocycles. The lowest BCUT2D eigenvalue weighted by molar-refractivity contribution is 0.379. The van der Waals surface area contributed by atoms with E-state index in [1.165, 1.54) is 16.8 Å². The summed E-state index contributed by atoms with van der Waals surface area (Å²) in [6.45, 7) is 4.60. The van der Waals surface area contributed by atoms with Gasteiger partial charge in [-0.05, 0) is 41.5 Å². The van der Waals surface area contributed by atoms with E-state index in [1.807, 2.05) is 24.4 Å². The molecular formula is C21H21N3. The number of fused-ring (bicyclic) bond motifs is 1. The fourth-order valence-electron chi connectivity index (χ4n) is 3.38. The van der Waals surface area contributed by atoms with Gasteiger partial charge in [-0.3, -0.25) is 9.98 Å². The summed E-state index contributed by atoms with van der Waals surface area (Å²) in [6.07, 6.45) is 8.02. The molecule has 1 aromatic carbocycles. The Kier molecular flexibility index (Phi) is 3.64. The van der Waals surface area contributed by atoms with Crippen molar-refractivity contribution in [1.82, 2.24) is 4.98 Å². The molecule has 24 heavy (non-hydrogen) atoms. The zero-order valence-corrected chi connectivity index (χ0v) is 14.1. The summed E-state index contributed by atoms with van der Waals surface area (Å²) in [5, 5.41) is 0. The molecule has 0 spiro atoms. The topological polar surface area (TPSA) is 37.6 Å². The molecule has 1 aliphatic carbocycles. The second-order valence-electron chi connectivity index (χ2n) is 7.27. The van der Waals surface area contributed by atoms with Crippen LogP contribution in [0.25, 0.3) is 0 Å². The summed E-state index contributed by atoms with van der Waals surface area (Å²) >= 11 is 0. The number of aliphatic imine (C=N–C) groups is 2. The molecule has 2 aliphatic rings. The summed E-state index contributed by atoms with van der Waals surface area (Å²) in [4.78, 5) is 14.1. The standard InChI is InChI=1S/C21H21N3/c1-21(2)11-10-17-18(13-21)23-20(16-9-6-12-22-14-16)24-19(17)15-7-4-3-5-8-15/h3-10,12,14,19H,11,13H2,1-2H3. The van der Waals surface area contributed by atoms with Gasteiger partial charge in [-0.2, -0.15) is 0 Å². The Balaban J connectivity index is 1.84. The molecule has 0 amide bonds. The SMILES string of the molecule is CC1(C)CC=C2C(=NC(c3cccnc3)=NC2c2ccccc2)C1. The molecule has 0 radical (unpaired) electrons. The minimum Gasteiger partial charge on any atom is -0.264 e. The average molecular weight is 315 g/mol. The van der Waals surface area contributed by atoms with Gasteiger partial charge in [-0.1, -0.05) is 50.3 Å². The van der Waals surface area contributed by atoms with Crippen molar-refractivity contribution in [1.29, 1.82) is 0 Å². The summed E-state index contributed by atoms with van der Waals surface area (Å²) < 4.78 is 0. The van der Waals surface area contributed by atoms with Crippen LogP contribution in [0.3, 0.4) is 0 Å². The normalized spacial score (nSPS) is 22.1. The molecule has 0 saturated heterocycles. The maximum Gasteiger partial charge on any atom is 0.157 e. The molecule has 1 aliphatic heterocycles. The number of amidine groups is 1. The molecule has 1 unspecified atom stereocenters. The molecule has 2 heterocycles. The number of nitrogens with zero attached hydrogens (tertiary/aromatic N) is 3. The highest BCUT2D eigenvalue weighted by Crippen LogP contribution is 2.41. The van der Waals surface area contributed by atoms with Crippen molar-refractivity contribution in [2.75, 3.05) is 0 Å². The average Bonchev–Trinajstić information content (AvgIpc) is 2.61. The molecule has 2 aromatic rings. The Hall–Kier alpha value is -2.55. The Bertz CT molecular complexity index is 830. The van der Waals surface area contributed by atoms with Gasteiger partial charge in [0.25, 0.3) is 0 Å². The molecule has 4 rings (SSSR count). The molecule has 1 aromatic heterocycles. The fourth-order valence-corrected chi connectivity index (χ4v) is 3.38. The van der Waals surface area contributed by atoms with Crippen LogP contribution in [-0.4, -0.2) is 16.5 Å². The molecule has 3 nitrogen and oxygen atoms in total. The Labute approximate surface area is 142 Å². The number of pyridine rings is 1. The van der Waals surface area contributed by atoms with Crippen LogP contribution in [0.2, 0.25) is 0 Å². The predicted molar refractivity (Wildman–Crippen MR) is 98.5 cm³/mol. The molecule has 0 fully saturated rings. The molecule has 0 bridgehead atoms. The highest BCUT2D eigenvalue weighted by molar-refractivity contribution is 6.15. The van der Waals surface area contributed by atoms with E-state index in [9.17, 15) is 0 Å². The molecule has 1 atom stereocenters. The van der Waals surface area contributed by atoms with Gasteiger partial charge in [-0.15, -0.1) is 0 Å². The highest BCUT2D eigenvalue weighted by atomic mass is 15.0. The molecule has 3 heteroatoms. The van der Waals surface area contributed by atoms with E-state index < -0.39 is 0 Å². The van der Waals surface area contributed by atoms with Crippen molar-refractivity contribution in [3.8, 4) is 0 Å². The molecule has 0 N–H and O–H groups in total. The maximum absolute atomic E-state index is 4.98. The minimum absolute atomic E-state index is 0.0324. The third-order valence-electron chi connectivity index (χ3n) is 4.68. The van der Waals surface area contributed by atoms with E-state index >= 15 is 0 Å². The van der Waals surface area contributed by atoms with Crippen molar-refractivity contribution in [3.05, 3.63) is 77.6 Å². The van der Waals surface area contributed by atoms with E-state index in [0.29, 0.717) is 0 Å². The van der Waals surface area contributed by atoms with Crippen molar-refractivity contribution in [2.24, 2.45) is 15.4 Å². The van der Waals surface area contributed by atoms with Crippen LogP contribution in [0.1, 0.15) is 43.9 Å². The smallest absolute Gasteiger partial charge is 0.157 e. The van der Waals surface area contributed by atoms with Crippen LogP contribution in [-0.2, 0) is 0 Å². The fraction of sp³-hybridized carbons (Fsp3) is 0.286. The first-order valence-electron chi connectivity index (χ1n) is 8.44. The van der Waals surface area contributed by atoms with Crippen molar-refractivity contribution in [2.45, 2.75) is 32.7 Å². The zero-order chi connectivity index (χ0) is 16.6. The second-order valence-corrected chi connectivity index (χ2v) is 7.27. The third kappa shape index (κ3) is 2.82. The first kappa shape index (κ1) is 15.0. The third-order valence-corrected chi connectivity index (χ3v) is 4.68. The lowest BCUT2D eigenvalue weighted by Gasteiger charge is -2.34. The van der Waals surface area contributed by atoms with E-state index in [4.69, 9.17) is 9.98 Å². The minimum atomic E-state index is 0.0324. The Morgan fingerprint density at radius 2 is 1.88 bits per heavy atom. The van der Waals surface area contributed by atoms with Gasteiger partial charge in [0, 0.05) is 23.7 Å². The van der Waals surface area contributed by atoms with Crippen molar-refractivity contribution in [3.63, 3.8) is 0 Å². The van der Waals surface area contributed by atoms with Gasteiger partial charge in [0.1, 0.15) is 6.04 Å². The van der Waals surface area contributed by atoms with Gasteiger partial charge in [0.05, 0.1) is 0 Å². The van der Waals surface area contributed by atoms with Crippen LogP contribution in [0.15, 0.2) is 76.5 Å². The van der Waals surface area contributed by atoms with E-state index in [0.717, 1.165) is 24.2 Å². The van der Waals surface area contributed by atoms with Crippen molar-refractivity contribution >= 4 is 11.5 Å². The number of benzene rings is 1. The van der Waals surface area contributed by atoms with E-state index in [-0.39, 0.29) is 11.5 Å². The monoisotopic (exact) mass is 315 g/mol. The lowest BCUT2D eigenvalue weighted by Crippen LogP contribution is -2.28. The number of hydrogen-bond acceptors (Lipinski definition) is 3. The van der Waals surface area contributed by atoms with Gasteiger partial charge in [0.2, 0.25) is 0 Å². The van der Waals surface area contributed by atoms with Crippen LogP contribution in [0, 0.1) is 5.41 Å². The summed E-state index contributed by atoms with van der Waals surface area (Å²) in [6, 6.07) is 14.5. The van der Waals surface area contributed by atoms with Gasteiger partial charge in [0.15, 0.2) is 5.84 Å². The van der Waals surface area contributed by atoms with Crippen molar-refractivity contribution < 1.29 is 0 Å². The zero-order valence-electron chi connectivity index (χ0n) is 14.1. The van der Waals surface area contributed by atoms with Gasteiger partial charge < -0.3 is 0 Å². The van der Waals surface area contributed by atoms with E-state index in [1.54, 1.807) is 6.20 Å². The summed E-state index contributed by atoms with van der Waals surface area (Å²) in [5.74, 6) is 0.793. The maximum atomic E-state index is 4.98. The first-order valence-corrected chi connectivity index (χ1v) is 8.44.